The summed E-state index contributed by atoms with van der Waals surface area (Å²) in [6.07, 6.45) is 3.49. The van der Waals surface area contributed by atoms with Gasteiger partial charge in [0.25, 0.3) is 0 Å². The summed E-state index contributed by atoms with van der Waals surface area (Å²) in [6.45, 7) is 7.31. The van der Waals surface area contributed by atoms with Crippen molar-refractivity contribution in [2.24, 2.45) is 0 Å². The lowest BCUT2D eigenvalue weighted by atomic mass is 10.2. The first kappa shape index (κ1) is 12.0. The molecule has 0 amide bonds. The molecule has 0 bridgehead atoms. The van der Waals surface area contributed by atoms with E-state index in [2.05, 4.69) is 0 Å². The normalized spacial score (nSPS) is 11.5. The van der Waals surface area contributed by atoms with E-state index in [9.17, 15) is 9.90 Å². The molecule has 0 aliphatic carbocycles. The molecule has 0 radical (unpaired) electrons. The Morgan fingerprint density at radius 2 is 1.85 bits per heavy atom. The summed E-state index contributed by atoms with van der Waals surface area (Å²) >= 11 is 0. The second-order valence-electron chi connectivity index (χ2n) is 2.84. The van der Waals surface area contributed by atoms with Gasteiger partial charge in [0.05, 0.1) is 11.7 Å². The van der Waals surface area contributed by atoms with Gasteiger partial charge in [0.2, 0.25) is 0 Å². The van der Waals surface area contributed by atoms with Crippen LogP contribution in [-0.4, -0.2) is 24.0 Å². The molecule has 0 aromatic heterocycles. The minimum atomic E-state index is -1.07. The zero-order valence-corrected chi connectivity index (χ0v) is 8.67. The summed E-state index contributed by atoms with van der Waals surface area (Å²) in [4.78, 5) is 12.5. The molecule has 0 atom stereocenters. The maximum Gasteiger partial charge on any atom is 0.0873 e. The number of aliphatic carboxylic acids is 1. The molecule has 3 nitrogen and oxygen atoms in total. The van der Waals surface area contributed by atoms with Gasteiger partial charge in [-0.3, -0.25) is 0 Å². The minimum Gasteiger partial charge on any atom is -0.543 e. The Morgan fingerprint density at radius 3 is 2.15 bits per heavy atom. The molecule has 0 heterocycles. The number of rotatable bonds is 6. The van der Waals surface area contributed by atoms with E-state index in [1.807, 2.05) is 20.8 Å². The SMILES string of the molecule is CCC/C=C(\C(=O)[O-])N(CC)CC. The van der Waals surface area contributed by atoms with E-state index in [1.54, 1.807) is 11.0 Å². The zero-order valence-electron chi connectivity index (χ0n) is 8.67. The molecule has 0 saturated heterocycles. The molecule has 0 fully saturated rings. The standard InChI is InChI=1S/C10H19NO2/c1-4-7-8-9(10(12)13)11(5-2)6-3/h8H,4-7H2,1-3H3,(H,12,13)/p-1/b9-8+. The summed E-state index contributed by atoms with van der Waals surface area (Å²) in [5, 5.41) is 10.7. The van der Waals surface area contributed by atoms with Gasteiger partial charge in [0.1, 0.15) is 0 Å². The van der Waals surface area contributed by atoms with Gasteiger partial charge >= 0.3 is 0 Å². The van der Waals surface area contributed by atoms with Crippen LogP contribution in [0.15, 0.2) is 11.8 Å². The lowest BCUT2D eigenvalue weighted by Gasteiger charge is -2.25. The second-order valence-corrected chi connectivity index (χ2v) is 2.84. The molecule has 13 heavy (non-hydrogen) atoms. The van der Waals surface area contributed by atoms with Crippen LogP contribution in [0.3, 0.4) is 0 Å². The van der Waals surface area contributed by atoms with E-state index in [4.69, 9.17) is 0 Å². The number of hydrogen-bond acceptors (Lipinski definition) is 3. The molecule has 3 heteroatoms. The predicted octanol–water partition coefficient (Wildman–Crippen LogP) is 0.762. The number of nitrogens with zero attached hydrogens (tertiary/aromatic N) is 1. The number of carbonyl (C=O) groups excluding carboxylic acids is 1. The summed E-state index contributed by atoms with van der Waals surface area (Å²) in [5.41, 5.74) is 0.326. The van der Waals surface area contributed by atoms with Gasteiger partial charge in [-0.25, -0.2) is 0 Å². The van der Waals surface area contributed by atoms with Gasteiger partial charge in [-0.05, 0) is 20.3 Å². The van der Waals surface area contributed by atoms with Crippen molar-refractivity contribution < 1.29 is 9.90 Å². The zero-order chi connectivity index (χ0) is 10.3. The van der Waals surface area contributed by atoms with Crippen molar-refractivity contribution in [2.45, 2.75) is 33.6 Å². The van der Waals surface area contributed by atoms with E-state index in [0.717, 1.165) is 12.8 Å². The van der Waals surface area contributed by atoms with Crippen molar-refractivity contribution in [3.8, 4) is 0 Å². The Balaban J connectivity index is 4.47. The Hall–Kier alpha value is -0.990. The van der Waals surface area contributed by atoms with Crippen molar-refractivity contribution in [3.05, 3.63) is 11.8 Å². The molecule has 0 aliphatic heterocycles. The molecule has 0 spiro atoms. The van der Waals surface area contributed by atoms with Crippen LogP contribution < -0.4 is 5.11 Å². The highest BCUT2D eigenvalue weighted by Crippen LogP contribution is 2.05. The number of carboxylic acids is 1. The van der Waals surface area contributed by atoms with Crippen molar-refractivity contribution in [2.75, 3.05) is 13.1 Å². The number of hydrogen-bond donors (Lipinski definition) is 0. The van der Waals surface area contributed by atoms with Crippen LogP contribution in [-0.2, 0) is 4.79 Å². The van der Waals surface area contributed by atoms with Gasteiger partial charge in [0.15, 0.2) is 0 Å². The average Bonchev–Trinajstić information content (AvgIpc) is 2.11. The summed E-state index contributed by atoms with van der Waals surface area (Å²) in [5.74, 6) is -1.07. The van der Waals surface area contributed by atoms with E-state index >= 15 is 0 Å². The second kappa shape index (κ2) is 6.52. The first-order valence-corrected chi connectivity index (χ1v) is 4.83. The summed E-state index contributed by atoms with van der Waals surface area (Å²) < 4.78 is 0. The van der Waals surface area contributed by atoms with Gasteiger partial charge in [0, 0.05) is 13.1 Å². The van der Waals surface area contributed by atoms with E-state index in [0.29, 0.717) is 18.8 Å². The number of likely N-dealkylation sites (N-methyl/N-ethyl adjacent to an activating group) is 1. The van der Waals surface area contributed by atoms with Crippen LogP contribution in [0.4, 0.5) is 0 Å². The Kier molecular flexibility index (Phi) is 6.02. The first-order chi connectivity index (χ1) is 6.17. The van der Waals surface area contributed by atoms with Gasteiger partial charge in [-0.15, -0.1) is 0 Å². The van der Waals surface area contributed by atoms with Crippen LogP contribution in [0, 0.1) is 0 Å². The first-order valence-electron chi connectivity index (χ1n) is 4.83. The smallest absolute Gasteiger partial charge is 0.0873 e. The molecule has 0 aliphatic rings. The molecule has 0 N–H and O–H groups in total. The topological polar surface area (TPSA) is 43.4 Å². The molecule has 0 saturated carbocycles. The Labute approximate surface area is 80.0 Å². The van der Waals surface area contributed by atoms with E-state index < -0.39 is 5.97 Å². The van der Waals surface area contributed by atoms with Gasteiger partial charge in [-0.2, -0.15) is 0 Å². The fourth-order valence-corrected chi connectivity index (χ4v) is 1.19. The third kappa shape index (κ3) is 3.97. The van der Waals surface area contributed by atoms with Crippen molar-refractivity contribution in [3.63, 3.8) is 0 Å². The average molecular weight is 184 g/mol. The third-order valence-corrected chi connectivity index (χ3v) is 1.94. The van der Waals surface area contributed by atoms with Gasteiger partial charge in [-0.1, -0.05) is 19.4 Å². The van der Waals surface area contributed by atoms with Crippen molar-refractivity contribution in [1.82, 2.24) is 4.90 Å². The van der Waals surface area contributed by atoms with Crippen molar-refractivity contribution >= 4 is 5.97 Å². The third-order valence-electron chi connectivity index (χ3n) is 1.94. The number of carbonyl (C=O) groups is 1. The molecular weight excluding hydrogens is 166 g/mol. The Morgan fingerprint density at radius 1 is 1.31 bits per heavy atom. The maximum absolute atomic E-state index is 10.7. The van der Waals surface area contributed by atoms with Crippen molar-refractivity contribution in [1.29, 1.82) is 0 Å². The highest BCUT2D eigenvalue weighted by molar-refractivity contribution is 5.83. The summed E-state index contributed by atoms with van der Waals surface area (Å²) in [7, 11) is 0. The molecule has 76 valence electrons. The maximum atomic E-state index is 10.7. The van der Waals surface area contributed by atoms with Crippen LogP contribution in [0.2, 0.25) is 0 Å². The lowest BCUT2D eigenvalue weighted by Crippen LogP contribution is -2.35. The van der Waals surface area contributed by atoms with Crippen LogP contribution >= 0.6 is 0 Å². The fourth-order valence-electron chi connectivity index (χ4n) is 1.19. The lowest BCUT2D eigenvalue weighted by molar-refractivity contribution is -0.301. The predicted molar refractivity (Wildman–Crippen MR) is 50.9 cm³/mol. The number of unbranched alkanes of at least 4 members (excludes halogenated alkanes) is 1. The molecular formula is C10H18NO2-. The Bertz CT molecular complexity index is 183. The fraction of sp³-hybridized carbons (Fsp3) is 0.700. The number of carboxylic acid groups (broad SMARTS) is 1. The highest BCUT2D eigenvalue weighted by atomic mass is 16.4. The molecule has 0 aromatic rings. The number of allylic oxidation sites excluding steroid dienone is 1. The van der Waals surface area contributed by atoms with E-state index in [-0.39, 0.29) is 0 Å². The summed E-state index contributed by atoms with van der Waals surface area (Å²) in [6, 6.07) is 0. The van der Waals surface area contributed by atoms with E-state index in [1.165, 1.54) is 0 Å². The van der Waals surface area contributed by atoms with Crippen LogP contribution in [0.1, 0.15) is 33.6 Å². The quantitative estimate of drug-likeness (QED) is 0.572. The van der Waals surface area contributed by atoms with Crippen LogP contribution in [0.25, 0.3) is 0 Å². The van der Waals surface area contributed by atoms with Gasteiger partial charge < -0.3 is 14.8 Å². The monoisotopic (exact) mass is 184 g/mol. The molecule has 0 unspecified atom stereocenters. The minimum absolute atomic E-state index is 0.326. The molecule has 0 aromatic carbocycles. The highest BCUT2D eigenvalue weighted by Gasteiger charge is 2.04. The van der Waals surface area contributed by atoms with Crippen LogP contribution in [0.5, 0.6) is 0 Å². The largest absolute Gasteiger partial charge is 0.543 e. The molecule has 0 rings (SSSR count).